The first-order chi connectivity index (χ1) is 46.4. The van der Waals surface area contributed by atoms with Crippen LogP contribution in [0.15, 0.2) is 171 Å². The summed E-state index contributed by atoms with van der Waals surface area (Å²) in [6.45, 7) is 4.53. The molecule has 97 heavy (non-hydrogen) atoms. The smallest absolute Gasteiger partial charge is 0.272 e. The molecule has 0 amide bonds. The van der Waals surface area contributed by atoms with E-state index < -0.39 is 12.2 Å². The van der Waals surface area contributed by atoms with Gasteiger partial charge in [0.05, 0.1) is 123 Å². The molecule has 27 nitrogen and oxygen atoms in total. The molecule has 0 radical (unpaired) electrons. The number of halogens is 2. The predicted molar refractivity (Wildman–Crippen MR) is 371 cm³/mol. The topological polar surface area (TPSA) is 324 Å². The zero-order chi connectivity index (χ0) is 65.5. The third-order valence-electron chi connectivity index (χ3n) is 15.1. The fourth-order valence-corrected chi connectivity index (χ4v) is 10.8. The molecule has 5 N–H and O–H groups in total. The van der Waals surface area contributed by atoms with E-state index >= 15 is 0 Å². The summed E-state index contributed by atoms with van der Waals surface area (Å²) in [6, 6.07) is 39.4. The molecule has 0 spiro atoms. The molecule has 15 rings (SSSR count). The Morgan fingerprint density at radius 2 is 0.814 bits per heavy atom. The van der Waals surface area contributed by atoms with Crippen molar-refractivity contribution in [1.29, 1.82) is 0 Å². The highest BCUT2D eigenvalue weighted by Gasteiger charge is 2.18. The average molecular weight is 1340 g/mol. The van der Waals surface area contributed by atoms with Crippen LogP contribution in [0.3, 0.4) is 0 Å². The Balaban J connectivity index is 0.000000146. The van der Waals surface area contributed by atoms with Crippen LogP contribution in [-0.4, -0.2) is 126 Å². The van der Waals surface area contributed by atoms with E-state index in [1.165, 1.54) is 0 Å². The van der Waals surface area contributed by atoms with Crippen molar-refractivity contribution in [2.75, 3.05) is 37.3 Å². The number of hydrogen-bond acceptors (Lipinski definition) is 24. The number of nitrogens with one attached hydrogen (secondary N) is 3. The van der Waals surface area contributed by atoms with Crippen molar-refractivity contribution in [2.24, 2.45) is 0 Å². The highest BCUT2D eigenvalue weighted by atomic mass is 35.5. The number of aromatic nitrogens is 19. The van der Waals surface area contributed by atoms with Gasteiger partial charge in [-0.2, -0.15) is 28.8 Å². The highest BCUT2D eigenvalue weighted by molar-refractivity contribution is 6.32. The van der Waals surface area contributed by atoms with Gasteiger partial charge in [0.2, 0.25) is 0 Å². The van der Waals surface area contributed by atoms with Gasteiger partial charge in [-0.1, -0.05) is 92.7 Å². The highest BCUT2D eigenvalue weighted by Crippen LogP contribution is 2.32. The van der Waals surface area contributed by atoms with Crippen LogP contribution in [0.4, 0.5) is 17.1 Å². The standard InChI is InChI=1S/2C23H20ClN7O2.C20H16N8O.2CH4/c2*1-13(32)16-4-3-14(9-17(16)24)18-5-6-21-28-29-22(31(21)30-18)12-26-19-7-8-25-20-10-15(33-2)11-27-23(19)20;1-29-14-9-16-19(23-10-14)15(7-8-21-16)22-12-18-25-26-20-24-11-17(27-28(18)20)13-5-3-2-4-6-13;;/h2*3-11,13,32H,12H2,1-2H3,(H,25,26);2-11H,12H2,1H3,(H,21,22);2*1H4/t2*13-;;;/m10.../s1. The van der Waals surface area contributed by atoms with E-state index in [4.69, 9.17) is 47.6 Å². The van der Waals surface area contributed by atoms with Crippen LogP contribution in [0.5, 0.6) is 17.2 Å². The van der Waals surface area contributed by atoms with Crippen LogP contribution in [-0.2, 0) is 19.6 Å². The largest absolute Gasteiger partial charge is 0.495 e. The molecule has 3 aromatic carbocycles. The average Bonchev–Trinajstić information content (AvgIpc) is 1.68. The zero-order valence-corrected chi connectivity index (χ0v) is 52.8. The number of aliphatic hydroxyl groups excluding tert-OH is 2. The van der Waals surface area contributed by atoms with Crippen molar-refractivity contribution >= 4 is 90.4 Å². The maximum absolute atomic E-state index is 9.82. The third-order valence-corrected chi connectivity index (χ3v) is 15.7. The minimum Gasteiger partial charge on any atom is -0.495 e. The molecule has 490 valence electrons. The summed E-state index contributed by atoms with van der Waals surface area (Å²) in [5.74, 6) is 4.32. The number of nitrogens with zero attached hydrogens (tertiary/aromatic N) is 19. The Hall–Kier alpha value is -11.8. The summed E-state index contributed by atoms with van der Waals surface area (Å²) >= 11 is 12.7. The van der Waals surface area contributed by atoms with Crippen LogP contribution < -0.4 is 30.2 Å². The monoisotopic (exact) mass is 1340 g/mol. The maximum Gasteiger partial charge on any atom is 0.272 e. The molecule has 0 bridgehead atoms. The molecule has 0 aliphatic carbocycles. The molecular weight excluding hydrogens is 1280 g/mol. The van der Waals surface area contributed by atoms with Crippen LogP contribution >= 0.6 is 23.2 Å². The molecule has 15 aromatic rings. The number of ether oxygens (including phenoxy) is 3. The first-order valence-electron chi connectivity index (χ1n) is 29.5. The van der Waals surface area contributed by atoms with Gasteiger partial charge in [-0.05, 0) is 79.6 Å². The molecule has 0 unspecified atom stereocenters. The van der Waals surface area contributed by atoms with Crippen molar-refractivity contribution in [3.8, 4) is 51.0 Å². The first-order valence-corrected chi connectivity index (χ1v) is 30.2. The molecule has 12 heterocycles. The van der Waals surface area contributed by atoms with E-state index in [0.29, 0.717) is 104 Å². The molecule has 0 fully saturated rings. The third kappa shape index (κ3) is 14.5. The summed E-state index contributed by atoms with van der Waals surface area (Å²) in [5.41, 5.74) is 14.3. The van der Waals surface area contributed by atoms with Crippen molar-refractivity contribution in [3.63, 3.8) is 0 Å². The summed E-state index contributed by atoms with van der Waals surface area (Å²) in [6.07, 6.45) is 10.5. The number of fused-ring (bicyclic) bond motifs is 6. The Morgan fingerprint density at radius 1 is 0.412 bits per heavy atom. The summed E-state index contributed by atoms with van der Waals surface area (Å²) < 4.78 is 20.7. The summed E-state index contributed by atoms with van der Waals surface area (Å²) in [5, 5.41) is 70.0. The number of methoxy groups -OCH3 is 3. The van der Waals surface area contributed by atoms with Gasteiger partial charge in [0, 0.05) is 63.5 Å². The van der Waals surface area contributed by atoms with Crippen molar-refractivity contribution < 1.29 is 24.4 Å². The minimum absolute atomic E-state index is 0. The molecule has 2 atom stereocenters. The fraction of sp³-hybridized carbons (Fsp3) is 0.176. The number of aliphatic hydroxyl groups is 2. The normalized spacial score (nSPS) is 11.6. The fourth-order valence-electron chi connectivity index (χ4n) is 10.2. The number of anilines is 3. The molecule has 0 saturated carbocycles. The van der Waals surface area contributed by atoms with Crippen LogP contribution in [0.1, 0.15) is 69.5 Å². The summed E-state index contributed by atoms with van der Waals surface area (Å²) in [4.78, 5) is 30.8. The second-order valence-corrected chi connectivity index (χ2v) is 22.1. The Kier molecular flexibility index (Phi) is 20.4. The van der Waals surface area contributed by atoms with Gasteiger partial charge in [0.1, 0.15) is 39.5 Å². The molecular formula is C68H64Cl2N22O5. The Labute approximate surface area is 564 Å². The Bertz CT molecular complexity index is 5050. The van der Waals surface area contributed by atoms with Gasteiger partial charge in [-0.25, -0.2) is 19.9 Å². The molecule has 0 saturated heterocycles. The van der Waals surface area contributed by atoms with Gasteiger partial charge in [-0.3, -0.25) is 15.0 Å². The Morgan fingerprint density at radius 3 is 1.22 bits per heavy atom. The lowest BCUT2D eigenvalue weighted by molar-refractivity contribution is 0.199. The van der Waals surface area contributed by atoms with E-state index in [1.54, 1.807) is 116 Å². The van der Waals surface area contributed by atoms with Gasteiger partial charge < -0.3 is 40.4 Å². The second-order valence-electron chi connectivity index (χ2n) is 21.2. The lowest BCUT2D eigenvalue weighted by atomic mass is 10.1. The number of rotatable bonds is 17. The molecule has 0 aliphatic rings. The number of benzene rings is 3. The lowest BCUT2D eigenvalue weighted by Crippen LogP contribution is -2.08. The van der Waals surface area contributed by atoms with E-state index in [0.717, 1.165) is 72.5 Å². The van der Waals surface area contributed by atoms with Crippen molar-refractivity contribution in [2.45, 2.75) is 60.5 Å². The number of pyridine rings is 6. The molecule has 0 aliphatic heterocycles. The van der Waals surface area contributed by atoms with Gasteiger partial charge in [-0.15, -0.1) is 30.6 Å². The van der Waals surface area contributed by atoms with E-state index in [2.05, 4.69) is 86.5 Å². The van der Waals surface area contributed by atoms with E-state index in [1.807, 2.05) is 103 Å². The van der Waals surface area contributed by atoms with Gasteiger partial charge >= 0.3 is 0 Å². The van der Waals surface area contributed by atoms with E-state index in [9.17, 15) is 10.2 Å². The quantitative estimate of drug-likeness (QED) is 0.0565. The number of hydrogen-bond donors (Lipinski definition) is 5. The van der Waals surface area contributed by atoms with E-state index in [-0.39, 0.29) is 14.9 Å². The van der Waals surface area contributed by atoms with Gasteiger partial charge in [0.15, 0.2) is 28.8 Å². The first kappa shape index (κ1) is 66.7. The second kappa shape index (κ2) is 29.7. The van der Waals surface area contributed by atoms with Gasteiger partial charge in [0.25, 0.3) is 5.78 Å². The van der Waals surface area contributed by atoms with Crippen LogP contribution in [0.25, 0.3) is 83.9 Å². The predicted octanol–water partition coefficient (Wildman–Crippen LogP) is 12.1. The minimum atomic E-state index is -0.641. The zero-order valence-electron chi connectivity index (χ0n) is 51.3. The molecule has 12 aromatic heterocycles. The van der Waals surface area contributed by atoms with Crippen LogP contribution in [0, 0.1) is 0 Å². The van der Waals surface area contributed by atoms with Crippen molar-refractivity contribution in [3.05, 3.63) is 209 Å². The lowest BCUT2D eigenvalue weighted by Gasteiger charge is -2.10. The van der Waals surface area contributed by atoms with Crippen LogP contribution in [0.2, 0.25) is 10.0 Å². The SMILES string of the molecule is C.C.COc1cnc2c(NCc3nnc4ccc(-c5ccc([C@@H](C)O)c(Cl)c5)nn34)ccnc2c1.COc1cnc2c(NCc3nnc4ccc(-c5ccc([C@H](C)O)c(Cl)c5)nn34)ccnc2c1.COc1cnc2c(NCc3nnc4ncc(-c5ccccc5)nn34)ccnc2c1. The van der Waals surface area contributed by atoms with Crippen molar-refractivity contribution in [1.82, 2.24) is 94.3 Å². The summed E-state index contributed by atoms with van der Waals surface area (Å²) in [7, 11) is 4.79. The maximum atomic E-state index is 9.82. The molecule has 29 heteroatoms.